The van der Waals surface area contributed by atoms with Gasteiger partial charge in [0.15, 0.2) is 0 Å². The van der Waals surface area contributed by atoms with Gasteiger partial charge in [-0.05, 0) is 48.1 Å². The van der Waals surface area contributed by atoms with Crippen molar-refractivity contribution in [2.24, 2.45) is 0 Å². The van der Waals surface area contributed by atoms with Crippen molar-refractivity contribution in [3.8, 4) is 11.1 Å². The molecule has 0 bridgehead atoms. The molecule has 0 spiro atoms. The van der Waals surface area contributed by atoms with Crippen molar-refractivity contribution in [1.82, 2.24) is 9.55 Å². The van der Waals surface area contributed by atoms with Crippen LogP contribution in [0.15, 0.2) is 61.1 Å². The van der Waals surface area contributed by atoms with Crippen LogP contribution in [0.1, 0.15) is 35.7 Å². The number of rotatable bonds is 2. The van der Waals surface area contributed by atoms with E-state index in [1.165, 1.54) is 5.69 Å². The lowest BCUT2D eigenvalue weighted by atomic mass is 9.89. The minimum absolute atomic E-state index is 0.171. The summed E-state index contributed by atoms with van der Waals surface area (Å²) in [5.41, 5.74) is 3.49. The largest absolute Gasteiger partial charge is 0.416 e. The van der Waals surface area contributed by atoms with Crippen LogP contribution in [-0.4, -0.2) is 9.55 Å². The molecule has 0 saturated carbocycles. The zero-order valence-electron chi connectivity index (χ0n) is 13.5. The number of fused-ring (bicyclic) bond motifs is 1. The molecule has 0 N–H and O–H groups in total. The summed E-state index contributed by atoms with van der Waals surface area (Å²) in [5, 5.41) is 0. The third-order valence-corrected chi connectivity index (χ3v) is 4.84. The first-order valence-corrected chi connectivity index (χ1v) is 8.31. The van der Waals surface area contributed by atoms with E-state index >= 15 is 0 Å². The Morgan fingerprint density at radius 2 is 1.76 bits per heavy atom. The molecule has 2 heterocycles. The molecular weight excluding hydrogens is 325 g/mol. The molecule has 1 aliphatic rings. The minimum Gasteiger partial charge on any atom is -0.327 e. The molecule has 3 aromatic rings. The van der Waals surface area contributed by atoms with Crippen LogP contribution in [0.2, 0.25) is 0 Å². The average Bonchev–Trinajstić information content (AvgIpc) is 3.10. The molecule has 4 rings (SSSR count). The zero-order chi connectivity index (χ0) is 17.4. The van der Waals surface area contributed by atoms with Gasteiger partial charge in [-0.25, -0.2) is 4.98 Å². The Morgan fingerprint density at radius 1 is 1.00 bits per heavy atom. The average molecular weight is 342 g/mol. The topological polar surface area (TPSA) is 17.8 Å². The van der Waals surface area contributed by atoms with Crippen LogP contribution in [0.25, 0.3) is 11.1 Å². The smallest absolute Gasteiger partial charge is 0.327 e. The maximum atomic E-state index is 12.8. The fourth-order valence-electron chi connectivity index (χ4n) is 3.62. The SMILES string of the molecule is FC(F)(F)c1ccc(-c2ccccc2C2CCCc3cncn32)cc1. The van der Waals surface area contributed by atoms with Gasteiger partial charge in [-0.2, -0.15) is 13.2 Å². The Morgan fingerprint density at radius 3 is 2.52 bits per heavy atom. The number of alkyl halides is 3. The first-order chi connectivity index (χ1) is 12.0. The molecule has 0 aliphatic carbocycles. The summed E-state index contributed by atoms with van der Waals surface area (Å²) in [6, 6.07) is 13.5. The van der Waals surface area contributed by atoms with Crippen LogP contribution >= 0.6 is 0 Å². The standard InChI is InChI=1S/C20H17F3N2/c21-20(22,23)15-10-8-14(9-11-15)17-5-1-2-6-18(17)19-7-3-4-16-12-24-13-25(16)19/h1-2,5-6,8-13,19H,3-4,7H2. The molecule has 0 amide bonds. The van der Waals surface area contributed by atoms with Crippen molar-refractivity contribution in [1.29, 1.82) is 0 Å². The number of halogens is 3. The Labute approximate surface area is 143 Å². The minimum atomic E-state index is -4.31. The molecule has 2 nitrogen and oxygen atoms in total. The molecule has 0 saturated heterocycles. The molecule has 1 unspecified atom stereocenters. The lowest BCUT2D eigenvalue weighted by molar-refractivity contribution is -0.137. The number of hydrogen-bond acceptors (Lipinski definition) is 1. The van der Waals surface area contributed by atoms with Gasteiger partial charge in [-0.1, -0.05) is 36.4 Å². The van der Waals surface area contributed by atoms with E-state index in [1.54, 1.807) is 12.1 Å². The summed E-state index contributed by atoms with van der Waals surface area (Å²) in [6.45, 7) is 0. The van der Waals surface area contributed by atoms with Crippen molar-refractivity contribution >= 4 is 0 Å². The van der Waals surface area contributed by atoms with Crippen LogP contribution in [0.5, 0.6) is 0 Å². The first kappa shape index (κ1) is 15.9. The van der Waals surface area contributed by atoms with E-state index in [-0.39, 0.29) is 6.04 Å². The molecule has 2 aromatic carbocycles. The Kier molecular flexibility index (Phi) is 3.86. The van der Waals surface area contributed by atoms with Gasteiger partial charge in [-0.3, -0.25) is 0 Å². The van der Waals surface area contributed by atoms with Crippen LogP contribution in [0.3, 0.4) is 0 Å². The Hall–Kier alpha value is -2.56. The van der Waals surface area contributed by atoms with Crippen LogP contribution in [0, 0.1) is 0 Å². The second-order valence-corrected chi connectivity index (χ2v) is 6.36. The van der Waals surface area contributed by atoms with Crippen LogP contribution in [-0.2, 0) is 12.6 Å². The van der Waals surface area contributed by atoms with Gasteiger partial charge in [-0.15, -0.1) is 0 Å². The summed E-state index contributed by atoms with van der Waals surface area (Å²) in [6.07, 6.45) is 2.53. The number of imidazole rings is 1. The predicted octanol–water partition coefficient (Wildman–Crippen LogP) is 5.49. The molecule has 1 aliphatic heterocycles. The molecule has 128 valence electrons. The normalized spacial score (nSPS) is 17.3. The predicted molar refractivity (Wildman–Crippen MR) is 90.2 cm³/mol. The van der Waals surface area contributed by atoms with Crippen molar-refractivity contribution in [2.45, 2.75) is 31.5 Å². The number of aromatic nitrogens is 2. The van der Waals surface area contributed by atoms with E-state index in [0.717, 1.165) is 48.1 Å². The third-order valence-electron chi connectivity index (χ3n) is 4.84. The highest BCUT2D eigenvalue weighted by Crippen LogP contribution is 2.37. The van der Waals surface area contributed by atoms with Gasteiger partial charge in [0.1, 0.15) is 0 Å². The second kappa shape index (κ2) is 6.06. The summed E-state index contributed by atoms with van der Waals surface area (Å²) in [5.74, 6) is 0. The van der Waals surface area contributed by atoms with Gasteiger partial charge < -0.3 is 4.57 Å². The second-order valence-electron chi connectivity index (χ2n) is 6.36. The summed E-state index contributed by atoms with van der Waals surface area (Å²) in [4.78, 5) is 4.26. The number of hydrogen-bond donors (Lipinski definition) is 0. The molecule has 0 fully saturated rings. The van der Waals surface area contributed by atoms with Gasteiger partial charge in [0.25, 0.3) is 0 Å². The monoisotopic (exact) mass is 342 g/mol. The lowest BCUT2D eigenvalue weighted by Crippen LogP contribution is -2.18. The van der Waals surface area contributed by atoms with Crippen molar-refractivity contribution in [2.75, 3.05) is 0 Å². The first-order valence-electron chi connectivity index (χ1n) is 8.31. The highest BCUT2D eigenvalue weighted by Gasteiger charge is 2.30. The van der Waals surface area contributed by atoms with Crippen LogP contribution in [0.4, 0.5) is 13.2 Å². The molecule has 5 heteroatoms. The van der Waals surface area contributed by atoms with E-state index in [2.05, 4.69) is 15.6 Å². The molecular formula is C20H17F3N2. The summed E-state index contributed by atoms with van der Waals surface area (Å²) in [7, 11) is 0. The highest BCUT2D eigenvalue weighted by molar-refractivity contribution is 5.68. The Bertz CT molecular complexity index is 878. The van der Waals surface area contributed by atoms with E-state index in [4.69, 9.17) is 0 Å². The van der Waals surface area contributed by atoms with Gasteiger partial charge in [0.05, 0.1) is 17.9 Å². The van der Waals surface area contributed by atoms with E-state index in [0.29, 0.717) is 0 Å². The third kappa shape index (κ3) is 2.95. The lowest BCUT2D eigenvalue weighted by Gasteiger charge is -2.27. The summed E-state index contributed by atoms with van der Waals surface area (Å²) >= 11 is 0. The molecule has 1 atom stereocenters. The molecule has 25 heavy (non-hydrogen) atoms. The maximum absolute atomic E-state index is 12.8. The van der Waals surface area contributed by atoms with Crippen molar-refractivity contribution in [3.05, 3.63) is 77.9 Å². The fourth-order valence-corrected chi connectivity index (χ4v) is 3.62. The number of nitrogens with zero attached hydrogens (tertiary/aromatic N) is 2. The van der Waals surface area contributed by atoms with Crippen LogP contribution < -0.4 is 0 Å². The zero-order valence-corrected chi connectivity index (χ0v) is 13.5. The highest BCUT2D eigenvalue weighted by atomic mass is 19.4. The van der Waals surface area contributed by atoms with E-state index < -0.39 is 11.7 Å². The van der Waals surface area contributed by atoms with Crippen molar-refractivity contribution in [3.63, 3.8) is 0 Å². The van der Waals surface area contributed by atoms with E-state index in [1.807, 2.05) is 30.7 Å². The number of aryl methyl sites for hydroxylation is 1. The van der Waals surface area contributed by atoms with Gasteiger partial charge in [0, 0.05) is 11.9 Å². The fraction of sp³-hybridized carbons (Fsp3) is 0.250. The van der Waals surface area contributed by atoms with E-state index in [9.17, 15) is 13.2 Å². The quantitative estimate of drug-likeness (QED) is 0.602. The van der Waals surface area contributed by atoms with Gasteiger partial charge in [0.2, 0.25) is 0 Å². The van der Waals surface area contributed by atoms with Crippen molar-refractivity contribution < 1.29 is 13.2 Å². The van der Waals surface area contributed by atoms with Gasteiger partial charge >= 0.3 is 6.18 Å². The molecule has 0 radical (unpaired) electrons. The summed E-state index contributed by atoms with van der Waals surface area (Å²) < 4.78 is 40.6. The molecule has 1 aromatic heterocycles. The Balaban J connectivity index is 1.76. The maximum Gasteiger partial charge on any atom is 0.416 e. The number of benzene rings is 2.